The minimum atomic E-state index is -0.777. The SMILES string of the molecule is N[C@@H](C(=O)N1CCC[C@H]1c1ncc(-c2ccc(C#Cc3ccc(-c4cnc([C@@H]5CCCN5C(=O)[C@H](NC(=O)[C@@H]5CCCN5)c5ccccc5)[nH]4)cc3)cc2)[nH]1)c1ccccc1. The summed E-state index contributed by atoms with van der Waals surface area (Å²) in [4.78, 5) is 60.8. The highest BCUT2D eigenvalue weighted by Gasteiger charge is 2.38. The molecule has 3 aliphatic heterocycles. The Morgan fingerprint density at radius 1 is 0.639 bits per heavy atom. The smallest absolute Gasteiger partial charge is 0.250 e. The minimum absolute atomic E-state index is 0.0882. The first-order chi connectivity index (χ1) is 29.9. The molecule has 4 aromatic carbocycles. The molecular weight excluding hydrogens is 763 g/mol. The number of hydrogen-bond donors (Lipinski definition) is 5. The normalized spacial score (nSPS) is 19.6. The Bertz CT molecular complexity index is 2530. The fourth-order valence-electron chi connectivity index (χ4n) is 8.78. The maximum absolute atomic E-state index is 14.2. The highest BCUT2D eigenvalue weighted by molar-refractivity contribution is 5.91. The molecule has 0 radical (unpaired) electrons. The third-order valence-electron chi connectivity index (χ3n) is 12.1. The van der Waals surface area contributed by atoms with Crippen LogP contribution in [0.25, 0.3) is 22.5 Å². The molecule has 0 spiro atoms. The lowest BCUT2D eigenvalue weighted by Gasteiger charge is -2.29. The Kier molecular flexibility index (Phi) is 11.6. The first-order valence-electron chi connectivity index (χ1n) is 21.2. The predicted molar refractivity (Wildman–Crippen MR) is 233 cm³/mol. The molecule has 12 heteroatoms. The number of imidazole rings is 2. The van der Waals surface area contributed by atoms with Crippen molar-refractivity contribution < 1.29 is 14.4 Å². The largest absolute Gasteiger partial charge is 0.340 e. The van der Waals surface area contributed by atoms with Gasteiger partial charge in [-0.2, -0.15) is 0 Å². The third-order valence-corrected chi connectivity index (χ3v) is 12.1. The molecule has 3 aliphatic rings. The summed E-state index contributed by atoms with van der Waals surface area (Å²) in [5, 5.41) is 6.30. The topological polar surface area (TPSA) is 165 Å². The number of aromatic amines is 2. The number of nitrogens with one attached hydrogen (secondary N) is 4. The van der Waals surface area contributed by atoms with Crippen molar-refractivity contribution in [1.82, 2.24) is 40.4 Å². The maximum Gasteiger partial charge on any atom is 0.250 e. The van der Waals surface area contributed by atoms with Crippen LogP contribution >= 0.6 is 0 Å². The van der Waals surface area contributed by atoms with Gasteiger partial charge in [-0.05, 0) is 91.6 Å². The number of aromatic nitrogens is 4. The summed E-state index contributed by atoms with van der Waals surface area (Å²) in [5.74, 6) is 7.69. The summed E-state index contributed by atoms with van der Waals surface area (Å²) in [6.45, 7) is 2.05. The minimum Gasteiger partial charge on any atom is -0.340 e. The molecule has 12 nitrogen and oxygen atoms in total. The zero-order valence-corrected chi connectivity index (χ0v) is 33.9. The van der Waals surface area contributed by atoms with Crippen LogP contribution in [0.4, 0.5) is 0 Å². The number of nitrogens with zero attached hydrogens (tertiary/aromatic N) is 4. The second-order valence-corrected chi connectivity index (χ2v) is 16.0. The lowest BCUT2D eigenvalue weighted by molar-refractivity contribution is -0.138. The van der Waals surface area contributed by atoms with Crippen molar-refractivity contribution in [2.75, 3.05) is 19.6 Å². The standard InChI is InChI=1S/C49H49N9O3/c50-43(36-10-3-1-4-11-36)48(60)57-28-8-15-41(57)45-52-30-39(54-45)34-23-19-32(20-24-34)17-18-33-21-25-35(26-22-33)40-31-53-46(55-40)42-16-9-29-58(42)49(61)44(37-12-5-2-6-13-37)56-47(59)38-14-7-27-51-38/h1-6,10-13,19-26,30-31,38,41-44,51H,7-9,14-16,27-29,50H2,(H,52,54)(H,53,55)(H,56,59)/t38-,41-,42-,43+,44+/m0/s1. The lowest BCUT2D eigenvalue weighted by Crippen LogP contribution is -2.47. The molecule has 3 saturated heterocycles. The van der Waals surface area contributed by atoms with Crippen molar-refractivity contribution in [1.29, 1.82) is 0 Å². The van der Waals surface area contributed by atoms with Gasteiger partial charge in [0.2, 0.25) is 17.7 Å². The fraction of sp³-hybridized carbons (Fsp3) is 0.286. The summed E-state index contributed by atoms with van der Waals surface area (Å²) in [5.41, 5.74) is 13.4. The van der Waals surface area contributed by atoms with E-state index in [1.807, 2.05) is 131 Å². The monoisotopic (exact) mass is 811 g/mol. The highest BCUT2D eigenvalue weighted by atomic mass is 16.2. The van der Waals surface area contributed by atoms with Crippen LogP contribution in [0.1, 0.15) is 96.6 Å². The molecule has 3 fully saturated rings. The van der Waals surface area contributed by atoms with Crippen molar-refractivity contribution in [2.45, 2.75) is 68.7 Å². The first kappa shape index (κ1) is 39.6. The van der Waals surface area contributed by atoms with E-state index in [1.54, 1.807) is 0 Å². The summed E-state index contributed by atoms with van der Waals surface area (Å²) < 4.78 is 0. The number of likely N-dealkylation sites (tertiary alicyclic amines) is 2. The van der Waals surface area contributed by atoms with Crippen molar-refractivity contribution in [3.8, 4) is 34.4 Å². The lowest BCUT2D eigenvalue weighted by atomic mass is 10.0. The van der Waals surface area contributed by atoms with Gasteiger partial charge in [-0.1, -0.05) is 96.8 Å². The van der Waals surface area contributed by atoms with Crippen LogP contribution in [0.5, 0.6) is 0 Å². The van der Waals surface area contributed by atoms with Crippen LogP contribution in [0, 0.1) is 11.8 Å². The van der Waals surface area contributed by atoms with Crippen LogP contribution in [0.15, 0.2) is 122 Å². The van der Waals surface area contributed by atoms with Crippen LogP contribution in [-0.2, 0) is 14.4 Å². The fourth-order valence-corrected chi connectivity index (χ4v) is 8.78. The number of rotatable bonds is 10. The van der Waals surface area contributed by atoms with Crippen LogP contribution < -0.4 is 16.4 Å². The number of nitrogens with two attached hydrogens (primary N) is 1. The van der Waals surface area contributed by atoms with E-state index in [2.05, 4.69) is 37.4 Å². The molecule has 5 heterocycles. The maximum atomic E-state index is 14.2. The molecule has 308 valence electrons. The third kappa shape index (κ3) is 8.62. The van der Waals surface area contributed by atoms with Gasteiger partial charge in [0.25, 0.3) is 0 Å². The number of carbonyl (C=O) groups excluding carboxylic acids is 3. The van der Waals surface area contributed by atoms with Crippen molar-refractivity contribution in [3.63, 3.8) is 0 Å². The number of H-pyrrole nitrogens is 2. The van der Waals surface area contributed by atoms with E-state index in [1.165, 1.54) is 0 Å². The Hall–Kier alpha value is -6.81. The van der Waals surface area contributed by atoms with E-state index in [0.717, 1.165) is 101 Å². The van der Waals surface area contributed by atoms with E-state index in [4.69, 9.17) is 10.7 Å². The molecule has 3 amide bonds. The first-order valence-corrected chi connectivity index (χ1v) is 21.2. The molecule has 0 saturated carbocycles. The molecule has 6 aromatic rings. The summed E-state index contributed by atoms with van der Waals surface area (Å²) in [6.07, 6.45) is 8.70. The van der Waals surface area contributed by atoms with Crippen molar-refractivity contribution in [2.24, 2.45) is 5.73 Å². The molecule has 61 heavy (non-hydrogen) atoms. The molecule has 2 aromatic heterocycles. The Morgan fingerprint density at radius 2 is 1.15 bits per heavy atom. The van der Waals surface area contributed by atoms with E-state index in [0.29, 0.717) is 13.1 Å². The number of hydrogen-bond acceptors (Lipinski definition) is 7. The Morgan fingerprint density at radius 3 is 1.66 bits per heavy atom. The van der Waals surface area contributed by atoms with Crippen LogP contribution in [0.2, 0.25) is 0 Å². The van der Waals surface area contributed by atoms with Crippen molar-refractivity contribution in [3.05, 3.63) is 155 Å². The second kappa shape index (κ2) is 17.8. The van der Waals surface area contributed by atoms with Gasteiger partial charge >= 0.3 is 0 Å². The molecule has 6 N–H and O–H groups in total. The van der Waals surface area contributed by atoms with Crippen LogP contribution in [-0.4, -0.2) is 73.1 Å². The van der Waals surface area contributed by atoms with Gasteiger partial charge in [0.15, 0.2) is 0 Å². The van der Waals surface area contributed by atoms with Gasteiger partial charge in [0.1, 0.15) is 23.7 Å². The van der Waals surface area contributed by atoms with Gasteiger partial charge < -0.3 is 36.1 Å². The molecule has 9 rings (SSSR count). The summed E-state index contributed by atoms with van der Waals surface area (Å²) >= 11 is 0. The number of amides is 3. The zero-order chi connectivity index (χ0) is 41.7. The number of carbonyl (C=O) groups is 3. The zero-order valence-electron chi connectivity index (χ0n) is 33.9. The van der Waals surface area contributed by atoms with Gasteiger partial charge in [-0.15, -0.1) is 0 Å². The molecule has 5 atom stereocenters. The van der Waals surface area contributed by atoms with E-state index in [9.17, 15) is 14.4 Å². The second-order valence-electron chi connectivity index (χ2n) is 16.0. The highest BCUT2D eigenvalue weighted by Crippen LogP contribution is 2.35. The Balaban J connectivity index is 0.829. The Labute approximate surface area is 355 Å². The molecule has 0 bridgehead atoms. The van der Waals surface area contributed by atoms with Gasteiger partial charge in [-0.25, -0.2) is 9.97 Å². The van der Waals surface area contributed by atoms with E-state index >= 15 is 0 Å². The quantitative estimate of drug-likeness (QED) is 0.0986. The van der Waals surface area contributed by atoms with Crippen LogP contribution in [0.3, 0.4) is 0 Å². The van der Waals surface area contributed by atoms with E-state index in [-0.39, 0.29) is 35.8 Å². The van der Waals surface area contributed by atoms with Gasteiger partial charge in [-0.3, -0.25) is 14.4 Å². The van der Waals surface area contributed by atoms with Gasteiger partial charge in [0, 0.05) is 24.2 Å². The average Bonchev–Trinajstić information content (AvgIpc) is 4.17. The van der Waals surface area contributed by atoms with Crippen molar-refractivity contribution >= 4 is 17.7 Å². The molecule has 0 unspecified atom stereocenters. The van der Waals surface area contributed by atoms with E-state index < -0.39 is 12.1 Å². The molecular formula is C49H49N9O3. The summed E-state index contributed by atoms with van der Waals surface area (Å²) in [7, 11) is 0. The van der Waals surface area contributed by atoms with Gasteiger partial charge in [0.05, 0.1) is 41.9 Å². The number of benzene rings is 4. The predicted octanol–water partition coefficient (Wildman–Crippen LogP) is 6.50. The molecule has 0 aliphatic carbocycles. The average molecular weight is 812 g/mol. The summed E-state index contributed by atoms with van der Waals surface area (Å²) in [6, 6.07) is 32.9.